The van der Waals surface area contributed by atoms with Crippen LogP contribution in [0.15, 0.2) is 29.2 Å². The number of carbonyl (C=O) groups excluding carboxylic acids is 1. The van der Waals surface area contributed by atoms with Gasteiger partial charge in [-0.05, 0) is 19.1 Å². The highest BCUT2D eigenvalue weighted by Crippen LogP contribution is 2.17. The van der Waals surface area contributed by atoms with E-state index in [0.29, 0.717) is 18.7 Å². The number of quaternary nitrogens is 1. The molecular formula is C12H17N2O3S+. The fourth-order valence-corrected chi connectivity index (χ4v) is 3.51. The molecule has 0 spiro atoms. The maximum Gasteiger partial charge on any atom is 0.243 e. The van der Waals surface area contributed by atoms with Gasteiger partial charge in [-0.15, -0.1) is 0 Å². The van der Waals surface area contributed by atoms with Crippen molar-refractivity contribution in [3.8, 4) is 0 Å². The Labute approximate surface area is 107 Å². The third-order valence-electron chi connectivity index (χ3n) is 3.04. The molecule has 1 aromatic carbocycles. The van der Waals surface area contributed by atoms with E-state index in [1.54, 1.807) is 18.2 Å². The number of sulfonamides is 1. The second kappa shape index (κ2) is 5.17. The molecule has 0 radical (unpaired) electrons. The lowest BCUT2D eigenvalue weighted by Gasteiger charge is -2.24. The summed E-state index contributed by atoms with van der Waals surface area (Å²) in [5.74, 6) is -0.126. The lowest BCUT2D eigenvalue weighted by Crippen LogP contribution is -2.89. The molecule has 2 N–H and O–H groups in total. The average Bonchev–Trinajstić information content (AvgIpc) is 2.40. The molecule has 0 bridgehead atoms. The molecule has 0 atom stereocenters. The van der Waals surface area contributed by atoms with Crippen molar-refractivity contribution in [3.63, 3.8) is 0 Å². The van der Waals surface area contributed by atoms with Crippen LogP contribution in [0.5, 0.6) is 0 Å². The Bertz CT molecular complexity index is 548. The molecule has 0 amide bonds. The van der Waals surface area contributed by atoms with Crippen molar-refractivity contribution in [1.29, 1.82) is 0 Å². The average molecular weight is 269 g/mol. The predicted molar refractivity (Wildman–Crippen MR) is 66.9 cm³/mol. The molecule has 6 heteroatoms. The van der Waals surface area contributed by atoms with E-state index in [-0.39, 0.29) is 10.7 Å². The number of benzene rings is 1. The second-order valence-electron chi connectivity index (χ2n) is 4.35. The normalized spacial score (nSPS) is 17.6. The zero-order chi connectivity index (χ0) is 13.2. The summed E-state index contributed by atoms with van der Waals surface area (Å²) in [7, 11) is -3.46. The Morgan fingerprint density at radius 3 is 2.56 bits per heavy atom. The van der Waals surface area contributed by atoms with Crippen LogP contribution >= 0.6 is 0 Å². The third kappa shape index (κ3) is 2.60. The molecule has 0 aromatic heterocycles. The smallest absolute Gasteiger partial charge is 0.243 e. The molecule has 0 unspecified atom stereocenters. The molecule has 1 aromatic rings. The van der Waals surface area contributed by atoms with Crippen molar-refractivity contribution < 1.29 is 18.5 Å². The first-order valence-corrected chi connectivity index (χ1v) is 7.38. The summed E-state index contributed by atoms with van der Waals surface area (Å²) < 4.78 is 26.2. The van der Waals surface area contributed by atoms with E-state index in [4.69, 9.17) is 0 Å². The highest BCUT2D eigenvalue weighted by molar-refractivity contribution is 7.89. The Balaban J connectivity index is 2.34. The van der Waals surface area contributed by atoms with Crippen molar-refractivity contribution in [2.45, 2.75) is 11.8 Å². The van der Waals surface area contributed by atoms with Gasteiger partial charge in [-0.1, -0.05) is 12.1 Å². The van der Waals surface area contributed by atoms with E-state index in [0.717, 1.165) is 13.1 Å². The van der Waals surface area contributed by atoms with E-state index in [1.807, 2.05) is 0 Å². The maximum absolute atomic E-state index is 12.4. The molecule has 1 fully saturated rings. The van der Waals surface area contributed by atoms with Crippen LogP contribution < -0.4 is 5.32 Å². The second-order valence-corrected chi connectivity index (χ2v) is 6.29. The molecule has 0 saturated carbocycles. The molecule has 2 rings (SSSR count). The molecule has 1 heterocycles. The number of rotatable bonds is 3. The number of nitrogens with zero attached hydrogens (tertiary/aromatic N) is 1. The van der Waals surface area contributed by atoms with Crippen LogP contribution in [0.4, 0.5) is 0 Å². The minimum absolute atomic E-state index is 0.126. The Morgan fingerprint density at radius 1 is 1.28 bits per heavy atom. The molecule has 18 heavy (non-hydrogen) atoms. The largest absolute Gasteiger partial charge is 0.344 e. The Morgan fingerprint density at radius 2 is 1.94 bits per heavy atom. The SMILES string of the molecule is CC(=O)c1cccc(S(=O)(=O)N2CC[NH2+]CC2)c1. The van der Waals surface area contributed by atoms with E-state index in [9.17, 15) is 13.2 Å². The number of carbonyl (C=O) groups is 1. The summed E-state index contributed by atoms with van der Waals surface area (Å²) >= 11 is 0. The third-order valence-corrected chi connectivity index (χ3v) is 4.94. The van der Waals surface area contributed by atoms with Crippen molar-refractivity contribution in [1.82, 2.24) is 4.31 Å². The summed E-state index contributed by atoms with van der Waals surface area (Å²) in [6.45, 7) is 4.04. The van der Waals surface area contributed by atoms with Gasteiger partial charge in [0.1, 0.15) is 0 Å². The van der Waals surface area contributed by atoms with Crippen molar-refractivity contribution >= 4 is 15.8 Å². The Kier molecular flexibility index (Phi) is 3.79. The van der Waals surface area contributed by atoms with E-state index in [2.05, 4.69) is 5.32 Å². The highest BCUT2D eigenvalue weighted by atomic mass is 32.2. The first-order chi connectivity index (χ1) is 8.51. The summed E-state index contributed by atoms with van der Waals surface area (Å²) in [5, 5.41) is 2.10. The fraction of sp³-hybridized carbons (Fsp3) is 0.417. The van der Waals surface area contributed by atoms with Crippen molar-refractivity contribution in [2.24, 2.45) is 0 Å². The number of hydrogen-bond donors (Lipinski definition) is 1. The summed E-state index contributed by atoms with van der Waals surface area (Å²) in [4.78, 5) is 11.5. The minimum Gasteiger partial charge on any atom is -0.344 e. The minimum atomic E-state index is -3.46. The molecule has 98 valence electrons. The quantitative estimate of drug-likeness (QED) is 0.749. The van der Waals surface area contributed by atoms with Gasteiger partial charge >= 0.3 is 0 Å². The van der Waals surface area contributed by atoms with Gasteiger partial charge < -0.3 is 5.32 Å². The van der Waals surface area contributed by atoms with Gasteiger partial charge in [0.25, 0.3) is 0 Å². The number of nitrogens with two attached hydrogens (primary N) is 1. The van der Waals surface area contributed by atoms with Crippen LogP contribution in [0.25, 0.3) is 0 Å². The number of piperazine rings is 1. The molecule has 1 aliphatic rings. The van der Waals surface area contributed by atoms with Gasteiger partial charge in [0.2, 0.25) is 10.0 Å². The van der Waals surface area contributed by atoms with Crippen LogP contribution in [0.1, 0.15) is 17.3 Å². The van der Waals surface area contributed by atoms with Gasteiger partial charge in [0.15, 0.2) is 5.78 Å². The topological polar surface area (TPSA) is 71.1 Å². The van der Waals surface area contributed by atoms with Crippen molar-refractivity contribution in [3.05, 3.63) is 29.8 Å². The number of ketones is 1. The molecule has 5 nitrogen and oxygen atoms in total. The molecule has 1 saturated heterocycles. The van der Waals surface area contributed by atoms with Gasteiger partial charge in [0, 0.05) is 5.56 Å². The summed E-state index contributed by atoms with van der Waals surface area (Å²) in [6, 6.07) is 6.24. The van der Waals surface area contributed by atoms with Gasteiger partial charge in [-0.3, -0.25) is 4.79 Å². The maximum atomic E-state index is 12.4. The van der Waals surface area contributed by atoms with Crippen molar-refractivity contribution in [2.75, 3.05) is 26.2 Å². The van der Waals surface area contributed by atoms with E-state index >= 15 is 0 Å². The first-order valence-electron chi connectivity index (χ1n) is 5.94. The molecule has 0 aliphatic carbocycles. The van der Waals surface area contributed by atoms with E-state index < -0.39 is 10.0 Å². The first kappa shape index (κ1) is 13.2. The van der Waals surface area contributed by atoms with Gasteiger partial charge in [0.05, 0.1) is 31.1 Å². The van der Waals surface area contributed by atoms with E-state index in [1.165, 1.54) is 17.3 Å². The summed E-state index contributed by atoms with van der Waals surface area (Å²) in [6.07, 6.45) is 0. The molecular weight excluding hydrogens is 252 g/mol. The lowest BCUT2D eigenvalue weighted by molar-refractivity contribution is -0.661. The number of Topliss-reactive ketones (excluding diaryl/α,β-unsaturated/α-hetero) is 1. The lowest BCUT2D eigenvalue weighted by atomic mass is 10.2. The molecule has 1 aliphatic heterocycles. The van der Waals surface area contributed by atoms with Crippen LogP contribution in [-0.2, 0) is 10.0 Å². The Hall–Kier alpha value is -1.24. The standard InChI is InChI=1S/C12H16N2O3S/c1-10(15)11-3-2-4-12(9-11)18(16,17)14-7-5-13-6-8-14/h2-4,9,13H,5-8H2,1H3/p+1. The fourth-order valence-electron chi connectivity index (χ4n) is 1.99. The van der Waals surface area contributed by atoms with Crippen LogP contribution in [0.2, 0.25) is 0 Å². The number of hydrogen-bond acceptors (Lipinski definition) is 3. The monoisotopic (exact) mass is 269 g/mol. The highest BCUT2D eigenvalue weighted by Gasteiger charge is 2.27. The van der Waals surface area contributed by atoms with Crippen LogP contribution in [0.3, 0.4) is 0 Å². The van der Waals surface area contributed by atoms with Crippen LogP contribution in [-0.4, -0.2) is 44.7 Å². The predicted octanol–water partition coefficient (Wildman–Crippen LogP) is -0.543. The van der Waals surface area contributed by atoms with Gasteiger partial charge in [-0.2, -0.15) is 4.31 Å². The zero-order valence-electron chi connectivity index (χ0n) is 10.3. The summed E-state index contributed by atoms with van der Waals surface area (Å²) in [5.41, 5.74) is 0.430. The van der Waals surface area contributed by atoms with Gasteiger partial charge in [-0.25, -0.2) is 8.42 Å². The van der Waals surface area contributed by atoms with Crippen LogP contribution in [0, 0.1) is 0 Å². The zero-order valence-corrected chi connectivity index (χ0v) is 11.1.